The number of rotatable bonds is 1. The van der Waals surface area contributed by atoms with Crippen LogP contribution >= 0.6 is 0 Å². The Labute approximate surface area is 103 Å². The minimum atomic E-state index is 0.571. The molecule has 2 atom stereocenters. The van der Waals surface area contributed by atoms with E-state index in [1.807, 2.05) is 0 Å². The molecule has 0 aliphatic carbocycles. The van der Waals surface area contributed by atoms with Gasteiger partial charge in [0, 0.05) is 44.8 Å². The molecule has 1 aromatic carbocycles. The molecule has 1 N–H and O–H groups in total. The maximum atomic E-state index is 3.51. The van der Waals surface area contributed by atoms with Crippen molar-refractivity contribution in [2.75, 3.05) is 39.8 Å². The number of hydrogen-bond acceptors (Lipinski definition) is 3. The Morgan fingerprint density at radius 1 is 1.18 bits per heavy atom. The van der Waals surface area contributed by atoms with Gasteiger partial charge in [0.15, 0.2) is 0 Å². The molecule has 92 valence electrons. The van der Waals surface area contributed by atoms with Crippen molar-refractivity contribution in [3.05, 3.63) is 35.9 Å². The normalized spacial score (nSPS) is 31.1. The third-order valence-corrected chi connectivity index (χ3v) is 3.99. The molecule has 2 aliphatic heterocycles. The lowest BCUT2D eigenvalue weighted by Gasteiger charge is -2.48. The van der Waals surface area contributed by atoms with Gasteiger partial charge in [-0.2, -0.15) is 0 Å². The molecular formula is C14H21N3. The monoisotopic (exact) mass is 231 g/mol. The van der Waals surface area contributed by atoms with Crippen molar-refractivity contribution in [3.63, 3.8) is 0 Å². The SMILES string of the molecule is CN1CC2CNCCN2C(c2ccccc2)C1. The highest BCUT2D eigenvalue weighted by Crippen LogP contribution is 2.28. The van der Waals surface area contributed by atoms with Crippen LogP contribution in [0.2, 0.25) is 0 Å². The van der Waals surface area contributed by atoms with Crippen molar-refractivity contribution in [3.8, 4) is 0 Å². The molecule has 0 amide bonds. The van der Waals surface area contributed by atoms with E-state index in [0.29, 0.717) is 12.1 Å². The van der Waals surface area contributed by atoms with Crippen LogP contribution in [0.5, 0.6) is 0 Å². The number of nitrogens with zero attached hydrogens (tertiary/aromatic N) is 2. The molecule has 0 radical (unpaired) electrons. The number of piperazine rings is 2. The van der Waals surface area contributed by atoms with E-state index >= 15 is 0 Å². The highest BCUT2D eigenvalue weighted by molar-refractivity contribution is 5.21. The zero-order chi connectivity index (χ0) is 11.7. The maximum Gasteiger partial charge on any atom is 0.0479 e. The van der Waals surface area contributed by atoms with Crippen molar-refractivity contribution in [1.82, 2.24) is 15.1 Å². The second-order valence-electron chi connectivity index (χ2n) is 5.24. The Morgan fingerprint density at radius 2 is 2.00 bits per heavy atom. The van der Waals surface area contributed by atoms with Crippen molar-refractivity contribution in [2.45, 2.75) is 12.1 Å². The summed E-state index contributed by atoms with van der Waals surface area (Å²) < 4.78 is 0. The summed E-state index contributed by atoms with van der Waals surface area (Å²) in [4.78, 5) is 5.15. The van der Waals surface area contributed by atoms with Crippen molar-refractivity contribution in [2.24, 2.45) is 0 Å². The largest absolute Gasteiger partial charge is 0.314 e. The summed E-state index contributed by atoms with van der Waals surface area (Å²) >= 11 is 0. The smallest absolute Gasteiger partial charge is 0.0479 e. The molecule has 0 bridgehead atoms. The van der Waals surface area contributed by atoms with E-state index < -0.39 is 0 Å². The van der Waals surface area contributed by atoms with E-state index in [4.69, 9.17) is 0 Å². The zero-order valence-electron chi connectivity index (χ0n) is 10.5. The molecular weight excluding hydrogens is 210 g/mol. The summed E-state index contributed by atoms with van der Waals surface area (Å²) in [6, 6.07) is 12.2. The molecule has 3 rings (SSSR count). The number of likely N-dealkylation sites (N-methyl/N-ethyl adjacent to an activating group) is 1. The first kappa shape index (κ1) is 11.2. The molecule has 0 aromatic heterocycles. The Bertz CT molecular complexity index is 365. The fraction of sp³-hybridized carbons (Fsp3) is 0.571. The minimum Gasteiger partial charge on any atom is -0.314 e. The summed E-state index contributed by atoms with van der Waals surface area (Å²) in [7, 11) is 2.24. The number of nitrogens with one attached hydrogen (secondary N) is 1. The average Bonchev–Trinajstić information content (AvgIpc) is 2.39. The van der Waals surface area contributed by atoms with Crippen molar-refractivity contribution in [1.29, 1.82) is 0 Å². The fourth-order valence-corrected chi connectivity index (χ4v) is 3.16. The summed E-state index contributed by atoms with van der Waals surface area (Å²) in [6.45, 7) is 5.78. The topological polar surface area (TPSA) is 18.5 Å². The summed E-state index contributed by atoms with van der Waals surface area (Å²) in [5.74, 6) is 0. The van der Waals surface area contributed by atoms with E-state index in [-0.39, 0.29) is 0 Å². The second kappa shape index (κ2) is 4.77. The first-order chi connectivity index (χ1) is 8.34. The summed E-state index contributed by atoms with van der Waals surface area (Å²) in [5, 5.41) is 3.51. The van der Waals surface area contributed by atoms with Crippen LogP contribution in [0.1, 0.15) is 11.6 Å². The maximum absolute atomic E-state index is 3.51. The van der Waals surface area contributed by atoms with Gasteiger partial charge < -0.3 is 10.2 Å². The van der Waals surface area contributed by atoms with Gasteiger partial charge in [0.05, 0.1) is 0 Å². The standard InChI is InChI=1S/C14H21N3/c1-16-10-13-9-15-7-8-17(13)14(11-16)12-5-3-2-4-6-12/h2-6,13-15H,7-11H2,1H3. The van der Waals surface area contributed by atoms with Gasteiger partial charge in [-0.25, -0.2) is 0 Å². The minimum absolute atomic E-state index is 0.571. The van der Waals surface area contributed by atoms with E-state index in [9.17, 15) is 0 Å². The van der Waals surface area contributed by atoms with Crippen LogP contribution in [-0.2, 0) is 0 Å². The van der Waals surface area contributed by atoms with Gasteiger partial charge in [0.1, 0.15) is 0 Å². The van der Waals surface area contributed by atoms with Crippen LogP contribution in [0.25, 0.3) is 0 Å². The first-order valence-electron chi connectivity index (χ1n) is 6.54. The van der Waals surface area contributed by atoms with E-state index in [1.165, 1.54) is 18.7 Å². The first-order valence-corrected chi connectivity index (χ1v) is 6.54. The van der Waals surface area contributed by atoms with Gasteiger partial charge in [-0.05, 0) is 12.6 Å². The van der Waals surface area contributed by atoms with Crippen LogP contribution in [0, 0.1) is 0 Å². The van der Waals surface area contributed by atoms with Gasteiger partial charge in [0.25, 0.3) is 0 Å². The van der Waals surface area contributed by atoms with Crippen molar-refractivity contribution < 1.29 is 0 Å². The Hall–Kier alpha value is -0.900. The van der Waals surface area contributed by atoms with Gasteiger partial charge in [-0.3, -0.25) is 4.90 Å². The van der Waals surface area contributed by atoms with E-state index in [2.05, 4.69) is 52.5 Å². The Morgan fingerprint density at radius 3 is 2.82 bits per heavy atom. The molecule has 17 heavy (non-hydrogen) atoms. The summed E-state index contributed by atoms with van der Waals surface area (Å²) in [6.07, 6.45) is 0. The number of benzene rings is 1. The lowest BCUT2D eigenvalue weighted by atomic mass is 9.98. The fourth-order valence-electron chi connectivity index (χ4n) is 3.16. The van der Waals surface area contributed by atoms with Crippen LogP contribution in [0.3, 0.4) is 0 Å². The number of hydrogen-bond donors (Lipinski definition) is 1. The van der Waals surface area contributed by atoms with Crippen LogP contribution in [-0.4, -0.2) is 55.6 Å². The highest BCUT2D eigenvalue weighted by atomic mass is 15.3. The van der Waals surface area contributed by atoms with E-state index in [0.717, 1.165) is 19.6 Å². The molecule has 2 saturated heterocycles. The third kappa shape index (κ3) is 2.23. The second-order valence-corrected chi connectivity index (χ2v) is 5.24. The lowest BCUT2D eigenvalue weighted by Crippen LogP contribution is -2.61. The highest BCUT2D eigenvalue weighted by Gasteiger charge is 2.34. The molecule has 3 nitrogen and oxygen atoms in total. The predicted octanol–water partition coefficient (Wildman–Crippen LogP) is 0.947. The third-order valence-electron chi connectivity index (χ3n) is 3.99. The summed E-state index contributed by atoms with van der Waals surface area (Å²) in [5.41, 5.74) is 1.46. The van der Waals surface area contributed by atoms with Crippen LogP contribution in [0.4, 0.5) is 0 Å². The Kier molecular flexibility index (Phi) is 3.14. The van der Waals surface area contributed by atoms with Crippen LogP contribution in [0.15, 0.2) is 30.3 Å². The Balaban J connectivity index is 1.86. The molecule has 2 heterocycles. The lowest BCUT2D eigenvalue weighted by molar-refractivity contribution is 0.0194. The molecule has 2 unspecified atom stereocenters. The average molecular weight is 231 g/mol. The molecule has 1 aromatic rings. The molecule has 2 fully saturated rings. The quantitative estimate of drug-likeness (QED) is 0.776. The molecule has 0 spiro atoms. The van der Waals surface area contributed by atoms with E-state index in [1.54, 1.807) is 0 Å². The number of fused-ring (bicyclic) bond motifs is 1. The molecule has 0 saturated carbocycles. The van der Waals surface area contributed by atoms with Crippen molar-refractivity contribution >= 4 is 0 Å². The predicted molar refractivity (Wildman–Crippen MR) is 70.0 cm³/mol. The van der Waals surface area contributed by atoms with Gasteiger partial charge in [-0.1, -0.05) is 30.3 Å². The molecule has 3 heteroatoms. The van der Waals surface area contributed by atoms with Gasteiger partial charge in [0.2, 0.25) is 0 Å². The van der Waals surface area contributed by atoms with Crippen LogP contribution < -0.4 is 5.32 Å². The zero-order valence-corrected chi connectivity index (χ0v) is 10.5. The van der Waals surface area contributed by atoms with Gasteiger partial charge in [-0.15, -0.1) is 0 Å². The van der Waals surface area contributed by atoms with Gasteiger partial charge >= 0.3 is 0 Å². The molecule has 2 aliphatic rings.